The van der Waals surface area contributed by atoms with E-state index in [1.54, 1.807) is 25.3 Å². The highest BCUT2D eigenvalue weighted by atomic mass is 127. The molecule has 0 aliphatic heterocycles. The topological polar surface area (TPSA) is 99.1 Å². The highest BCUT2D eigenvalue weighted by Gasteiger charge is 2.17. The second-order valence-electron chi connectivity index (χ2n) is 4.79. The molecule has 0 aliphatic rings. The SMILES string of the molecule is COCCOCCOc1cccc2cc(C(=O)O)c(I(=O)=O)cc12. The van der Waals surface area contributed by atoms with Crippen molar-refractivity contribution in [2.45, 2.75) is 0 Å². The first-order valence-corrected chi connectivity index (χ1v) is 9.93. The maximum Gasteiger partial charge on any atom is 0.341 e. The van der Waals surface area contributed by atoms with Gasteiger partial charge in [-0.25, -0.2) is 10.9 Å². The van der Waals surface area contributed by atoms with Crippen LogP contribution in [0.25, 0.3) is 10.8 Å². The van der Waals surface area contributed by atoms with Gasteiger partial charge in [0.05, 0.1) is 29.0 Å². The van der Waals surface area contributed by atoms with Crippen LogP contribution in [0, 0.1) is 3.57 Å². The summed E-state index contributed by atoms with van der Waals surface area (Å²) >= 11 is -3.95. The quantitative estimate of drug-likeness (QED) is 0.465. The van der Waals surface area contributed by atoms with Gasteiger partial charge >= 0.3 is 25.8 Å². The fourth-order valence-electron chi connectivity index (χ4n) is 2.14. The molecule has 0 radical (unpaired) electrons. The molecule has 0 bridgehead atoms. The summed E-state index contributed by atoms with van der Waals surface area (Å²) in [4.78, 5) is 11.2. The first kappa shape index (κ1) is 18.6. The summed E-state index contributed by atoms with van der Waals surface area (Å²) in [6.07, 6.45) is 0. The van der Waals surface area contributed by atoms with E-state index < -0.39 is 25.8 Å². The Kier molecular flexibility index (Phi) is 6.88. The number of aromatic carboxylic acids is 1. The van der Waals surface area contributed by atoms with E-state index in [1.165, 1.54) is 12.1 Å². The lowest BCUT2D eigenvalue weighted by molar-refractivity contribution is 0.0547. The number of hydrogen-bond donors (Lipinski definition) is 1. The lowest BCUT2D eigenvalue weighted by Gasteiger charge is -2.11. The van der Waals surface area contributed by atoms with Crippen LogP contribution in [0.3, 0.4) is 0 Å². The first-order valence-electron chi connectivity index (χ1n) is 7.09. The average Bonchev–Trinajstić information content (AvgIpc) is 2.56. The fraction of sp³-hybridized carbons (Fsp3) is 0.312. The number of carboxylic acid groups (broad SMARTS) is 1. The minimum atomic E-state index is -3.95. The van der Waals surface area contributed by atoms with Gasteiger partial charge in [0.1, 0.15) is 12.4 Å². The van der Waals surface area contributed by atoms with Crippen LogP contribution in [0.5, 0.6) is 5.75 Å². The van der Waals surface area contributed by atoms with Crippen LogP contribution in [0.2, 0.25) is 0 Å². The summed E-state index contributed by atoms with van der Waals surface area (Å²) in [7, 11) is 1.59. The van der Waals surface area contributed by atoms with Crippen molar-refractivity contribution in [2.24, 2.45) is 0 Å². The number of fused-ring (bicyclic) bond motifs is 1. The molecule has 1 N–H and O–H groups in total. The monoisotopic (exact) mass is 448 g/mol. The third-order valence-electron chi connectivity index (χ3n) is 3.24. The van der Waals surface area contributed by atoms with Crippen LogP contribution in [-0.2, 0) is 15.6 Å². The van der Waals surface area contributed by atoms with Gasteiger partial charge in [-0.15, -0.1) is 0 Å². The maximum absolute atomic E-state index is 11.4. The third kappa shape index (κ3) is 4.62. The Morgan fingerprint density at radius 1 is 1.12 bits per heavy atom. The normalized spacial score (nSPS) is 11.1. The third-order valence-corrected chi connectivity index (χ3v) is 5.08. The number of benzene rings is 2. The largest absolute Gasteiger partial charge is 0.491 e. The summed E-state index contributed by atoms with van der Waals surface area (Å²) < 4.78 is 38.5. The number of carboxylic acids is 1. The Bertz CT molecular complexity index is 790. The van der Waals surface area contributed by atoms with E-state index in [0.717, 1.165) is 0 Å². The predicted octanol–water partition coefficient (Wildman–Crippen LogP) is 2.95. The van der Waals surface area contributed by atoms with Crippen molar-refractivity contribution in [2.75, 3.05) is 33.5 Å². The molecule has 0 amide bonds. The van der Waals surface area contributed by atoms with Crippen molar-refractivity contribution in [1.82, 2.24) is 0 Å². The van der Waals surface area contributed by atoms with E-state index in [0.29, 0.717) is 36.3 Å². The van der Waals surface area contributed by atoms with Crippen LogP contribution in [0.15, 0.2) is 30.3 Å². The van der Waals surface area contributed by atoms with Gasteiger partial charge in [-0.1, -0.05) is 12.1 Å². The second-order valence-corrected chi connectivity index (χ2v) is 7.19. The Labute approximate surface area is 145 Å². The molecule has 8 heteroatoms. The van der Waals surface area contributed by atoms with Gasteiger partial charge in [-0.05, 0) is 23.6 Å². The summed E-state index contributed by atoms with van der Waals surface area (Å²) in [6.45, 7) is 1.61. The highest BCUT2D eigenvalue weighted by molar-refractivity contribution is 14.2. The molecule has 130 valence electrons. The van der Waals surface area contributed by atoms with Crippen LogP contribution in [0.4, 0.5) is 0 Å². The molecule has 24 heavy (non-hydrogen) atoms. The molecule has 0 saturated heterocycles. The molecule has 0 spiro atoms. The van der Waals surface area contributed by atoms with Gasteiger partial charge in [0.2, 0.25) is 0 Å². The van der Waals surface area contributed by atoms with Gasteiger partial charge in [0.15, 0.2) is 0 Å². The van der Waals surface area contributed by atoms with E-state index in [9.17, 15) is 16.0 Å². The molecule has 2 aromatic rings. The average molecular weight is 448 g/mol. The van der Waals surface area contributed by atoms with Crippen molar-refractivity contribution < 1.29 is 30.2 Å². The second kappa shape index (κ2) is 8.90. The molecule has 2 rings (SSSR count). The number of ether oxygens (including phenoxy) is 3. The van der Waals surface area contributed by atoms with Gasteiger partial charge < -0.3 is 19.3 Å². The number of methoxy groups -OCH3 is 1. The summed E-state index contributed by atoms with van der Waals surface area (Å²) in [5.41, 5.74) is -0.210. The molecule has 0 aliphatic carbocycles. The molecule has 2 aromatic carbocycles. The number of rotatable bonds is 9. The zero-order valence-corrected chi connectivity index (χ0v) is 15.1. The number of carbonyl (C=O) groups is 1. The van der Waals surface area contributed by atoms with Gasteiger partial charge in [0.25, 0.3) is 0 Å². The van der Waals surface area contributed by atoms with Crippen LogP contribution in [0.1, 0.15) is 10.4 Å². The summed E-state index contributed by atoms with van der Waals surface area (Å²) in [5, 5.41) is 10.3. The van der Waals surface area contributed by atoms with Crippen molar-refractivity contribution in [3.63, 3.8) is 0 Å². The standard InChI is InChI=1S/C16H17IO7/c1-22-5-6-23-7-8-24-15-4-2-3-11-9-13(16(18)19)14(17(20)21)10-12(11)15/h2-4,9-10H,5-8H2,1H3,(H,18,19). The molecule has 7 nitrogen and oxygen atoms in total. The summed E-state index contributed by atoms with van der Waals surface area (Å²) in [6, 6.07) is 7.86. The Balaban J connectivity index is 2.25. The Morgan fingerprint density at radius 3 is 2.54 bits per heavy atom. The lowest BCUT2D eigenvalue weighted by atomic mass is 10.1. The Morgan fingerprint density at radius 2 is 1.88 bits per heavy atom. The van der Waals surface area contributed by atoms with Crippen molar-refractivity contribution in [3.8, 4) is 5.75 Å². The molecule has 0 atom stereocenters. The van der Waals surface area contributed by atoms with Crippen molar-refractivity contribution >= 4 is 36.5 Å². The summed E-state index contributed by atoms with van der Waals surface area (Å²) in [5.74, 6) is -0.780. The van der Waals surface area contributed by atoms with E-state index >= 15 is 0 Å². The molecule has 0 aromatic heterocycles. The zero-order valence-electron chi connectivity index (χ0n) is 13.0. The minimum Gasteiger partial charge on any atom is -0.491 e. The minimum absolute atomic E-state index is 0.147. The first-order chi connectivity index (χ1) is 11.5. The van der Waals surface area contributed by atoms with Crippen LogP contribution >= 0.6 is 19.8 Å². The highest BCUT2D eigenvalue weighted by Crippen LogP contribution is 2.32. The Hall–Kier alpha value is -1.78. The zero-order chi connectivity index (χ0) is 17.5. The van der Waals surface area contributed by atoms with Gasteiger partial charge in [0, 0.05) is 12.5 Å². The van der Waals surface area contributed by atoms with Gasteiger partial charge in [-0.2, -0.15) is 0 Å². The predicted molar refractivity (Wildman–Crippen MR) is 93.2 cm³/mol. The molecule has 0 heterocycles. The van der Waals surface area contributed by atoms with Crippen molar-refractivity contribution in [3.05, 3.63) is 39.5 Å². The number of halogens is 1. The molecule has 0 unspecified atom stereocenters. The van der Waals surface area contributed by atoms with E-state index in [1.807, 2.05) is 0 Å². The molecule has 0 saturated carbocycles. The molecular weight excluding hydrogens is 431 g/mol. The van der Waals surface area contributed by atoms with E-state index in [-0.39, 0.29) is 15.7 Å². The van der Waals surface area contributed by atoms with E-state index in [4.69, 9.17) is 14.2 Å². The molecule has 0 fully saturated rings. The van der Waals surface area contributed by atoms with Gasteiger partial charge in [-0.3, -0.25) is 0 Å². The lowest BCUT2D eigenvalue weighted by Crippen LogP contribution is -2.10. The van der Waals surface area contributed by atoms with E-state index in [2.05, 4.69) is 0 Å². The smallest absolute Gasteiger partial charge is 0.341 e. The van der Waals surface area contributed by atoms with Crippen molar-refractivity contribution in [1.29, 1.82) is 0 Å². The number of hydrogen-bond acceptors (Lipinski definition) is 6. The fourth-order valence-corrected chi connectivity index (χ4v) is 3.57. The molecular formula is C16H17IO7. The van der Waals surface area contributed by atoms with Crippen LogP contribution in [-0.4, -0.2) is 44.6 Å². The van der Waals surface area contributed by atoms with Crippen LogP contribution < -0.4 is 4.74 Å². The maximum atomic E-state index is 11.4.